The van der Waals surface area contributed by atoms with Gasteiger partial charge in [-0.2, -0.15) is 13.2 Å². The normalized spacial score (nSPS) is 22.1. The molecule has 0 bridgehead atoms. The summed E-state index contributed by atoms with van der Waals surface area (Å²) in [6, 6.07) is 10.7. The van der Waals surface area contributed by atoms with E-state index in [1.807, 2.05) is 27.7 Å². The molecule has 4 atom stereocenters. The quantitative estimate of drug-likeness (QED) is 0.222. The number of hydrogen-bond acceptors (Lipinski definition) is 7. The molecule has 2 aliphatic heterocycles. The van der Waals surface area contributed by atoms with Crippen molar-refractivity contribution in [1.29, 1.82) is 0 Å². The van der Waals surface area contributed by atoms with Gasteiger partial charge in [-0.25, -0.2) is 8.78 Å². The Hall–Kier alpha value is -4.13. The first-order valence-electron chi connectivity index (χ1n) is 17.1. The second kappa shape index (κ2) is 13.9. The second-order valence-corrected chi connectivity index (χ2v) is 14.6. The highest BCUT2D eigenvalue weighted by Gasteiger charge is 2.45. The van der Waals surface area contributed by atoms with Gasteiger partial charge in [0.2, 0.25) is 5.91 Å². The number of halogens is 5. The molecule has 6 rings (SSSR count). The minimum Gasteiger partial charge on any atom is -0.459 e. The molecule has 1 aliphatic carbocycles. The number of fused-ring (bicyclic) bond motifs is 1. The first kappa shape index (κ1) is 35.7. The van der Waals surface area contributed by atoms with Crippen LogP contribution in [0.2, 0.25) is 0 Å². The van der Waals surface area contributed by atoms with E-state index in [0.717, 1.165) is 43.0 Å². The Morgan fingerprint density at radius 3 is 2.34 bits per heavy atom. The number of hydrogen-bond donors (Lipinski definition) is 0. The molecule has 0 saturated carbocycles. The molecule has 2 fully saturated rings. The lowest BCUT2D eigenvalue weighted by Crippen LogP contribution is -2.60. The Bertz CT molecular complexity index is 1730. The molecule has 3 heterocycles. The van der Waals surface area contributed by atoms with E-state index in [4.69, 9.17) is 4.74 Å². The molecule has 268 valence electrons. The molecule has 0 radical (unpaired) electrons. The lowest BCUT2D eigenvalue weighted by atomic mass is 9.87. The van der Waals surface area contributed by atoms with Crippen LogP contribution in [0.1, 0.15) is 68.0 Å². The van der Waals surface area contributed by atoms with Crippen LogP contribution in [-0.2, 0) is 39.8 Å². The third-order valence-electron chi connectivity index (χ3n) is 9.92. The highest BCUT2D eigenvalue weighted by molar-refractivity contribution is 5.82. The molecule has 0 spiro atoms. The molecule has 3 aromatic rings. The Balaban J connectivity index is 1.22. The summed E-state index contributed by atoms with van der Waals surface area (Å²) >= 11 is 0. The Morgan fingerprint density at radius 2 is 1.68 bits per heavy atom. The van der Waals surface area contributed by atoms with Crippen molar-refractivity contribution in [3.05, 3.63) is 88.1 Å². The zero-order valence-corrected chi connectivity index (χ0v) is 28.6. The molecular formula is C37H42F5N5O3. The van der Waals surface area contributed by atoms with E-state index in [9.17, 15) is 27.2 Å². The summed E-state index contributed by atoms with van der Waals surface area (Å²) in [5.74, 6) is -3.58. The topological polar surface area (TPSA) is 78.9 Å². The molecule has 13 heteroatoms. The Kier molecular flexibility index (Phi) is 9.91. The number of benzene rings is 2. The van der Waals surface area contributed by atoms with E-state index in [1.165, 1.54) is 23.3 Å². The number of anilines is 1. The monoisotopic (exact) mass is 699 g/mol. The second-order valence-electron chi connectivity index (χ2n) is 14.6. The average Bonchev–Trinajstić information content (AvgIpc) is 3.70. The van der Waals surface area contributed by atoms with E-state index in [0.29, 0.717) is 26.1 Å². The Labute approximate surface area is 288 Å². The van der Waals surface area contributed by atoms with E-state index in [2.05, 4.69) is 33.3 Å². The minimum atomic E-state index is -4.67. The average molecular weight is 700 g/mol. The van der Waals surface area contributed by atoms with Gasteiger partial charge < -0.3 is 14.5 Å². The van der Waals surface area contributed by atoms with Crippen LogP contribution in [0.15, 0.2) is 48.5 Å². The maximum atomic E-state index is 15.2. The maximum absolute atomic E-state index is 15.2. The van der Waals surface area contributed by atoms with E-state index in [-0.39, 0.29) is 42.4 Å². The van der Waals surface area contributed by atoms with Crippen molar-refractivity contribution in [2.75, 3.05) is 37.6 Å². The number of amides is 1. The molecular weight excluding hydrogens is 657 g/mol. The first-order valence-corrected chi connectivity index (χ1v) is 17.1. The zero-order valence-electron chi connectivity index (χ0n) is 28.6. The van der Waals surface area contributed by atoms with Crippen molar-refractivity contribution in [2.45, 2.75) is 83.2 Å². The van der Waals surface area contributed by atoms with E-state index < -0.39 is 47.0 Å². The largest absolute Gasteiger partial charge is 0.459 e. The molecule has 0 unspecified atom stereocenters. The number of aromatic nitrogens is 2. The van der Waals surface area contributed by atoms with Gasteiger partial charge in [-0.15, -0.1) is 10.2 Å². The fourth-order valence-electron chi connectivity index (χ4n) is 7.52. The van der Waals surface area contributed by atoms with Crippen molar-refractivity contribution < 1.29 is 36.3 Å². The highest BCUT2D eigenvalue weighted by atomic mass is 19.4. The summed E-state index contributed by atoms with van der Waals surface area (Å²) in [4.78, 5) is 33.4. The smallest absolute Gasteiger partial charge is 0.435 e. The van der Waals surface area contributed by atoms with Crippen molar-refractivity contribution in [3.63, 3.8) is 0 Å². The molecule has 2 saturated heterocycles. The SMILES string of the molecule is C[C@H]1CN([C@@H](Cc2ccc3c(c2)CCC3)C(=O)OC(C)(C)C)CCN1C(=O)[C@@H]1CN(c2ccc(C(F)(F)F)nn2)C[C@H]1c1ccc(F)cc1F. The Morgan fingerprint density at radius 1 is 0.920 bits per heavy atom. The third kappa shape index (κ3) is 7.77. The first-order chi connectivity index (χ1) is 23.6. The van der Waals surface area contributed by atoms with Crippen LogP contribution in [-0.4, -0.2) is 82.3 Å². The summed E-state index contributed by atoms with van der Waals surface area (Å²) in [6.45, 7) is 8.57. The highest BCUT2D eigenvalue weighted by Crippen LogP contribution is 2.38. The maximum Gasteiger partial charge on any atom is 0.435 e. The van der Waals surface area contributed by atoms with Crippen LogP contribution in [0.25, 0.3) is 0 Å². The van der Waals surface area contributed by atoms with Crippen LogP contribution in [0.5, 0.6) is 0 Å². The summed E-state index contributed by atoms with van der Waals surface area (Å²) in [6.07, 6.45) is -1.02. The molecule has 2 aromatic carbocycles. The summed E-state index contributed by atoms with van der Waals surface area (Å²) < 4.78 is 74.4. The summed E-state index contributed by atoms with van der Waals surface area (Å²) in [5, 5.41) is 7.09. The van der Waals surface area contributed by atoms with Crippen molar-refractivity contribution in [2.24, 2.45) is 5.92 Å². The van der Waals surface area contributed by atoms with Gasteiger partial charge in [-0.1, -0.05) is 24.3 Å². The number of carbonyl (C=O) groups is 2. The molecule has 1 amide bonds. The number of carbonyl (C=O) groups excluding carboxylic acids is 2. The number of esters is 1. The molecule has 3 aliphatic rings. The van der Waals surface area contributed by atoms with Gasteiger partial charge in [0.05, 0.1) is 5.92 Å². The fraction of sp³-hybridized carbons (Fsp3) is 0.514. The number of nitrogens with zero attached hydrogens (tertiary/aromatic N) is 5. The van der Waals surface area contributed by atoms with Gasteiger partial charge in [0.25, 0.3) is 0 Å². The van der Waals surface area contributed by atoms with Gasteiger partial charge in [-0.05, 0) is 93.8 Å². The van der Waals surface area contributed by atoms with Gasteiger partial charge in [0.15, 0.2) is 11.5 Å². The van der Waals surface area contributed by atoms with Crippen molar-refractivity contribution in [3.8, 4) is 0 Å². The lowest BCUT2D eigenvalue weighted by Gasteiger charge is -2.44. The molecule has 1 aromatic heterocycles. The van der Waals surface area contributed by atoms with Gasteiger partial charge in [0, 0.05) is 50.7 Å². The number of alkyl halides is 3. The lowest BCUT2D eigenvalue weighted by molar-refractivity contribution is -0.163. The number of aryl methyl sites for hydroxylation is 2. The van der Waals surface area contributed by atoms with Gasteiger partial charge in [-0.3, -0.25) is 14.5 Å². The van der Waals surface area contributed by atoms with Crippen LogP contribution in [0, 0.1) is 17.6 Å². The standard InChI is InChI=1S/C37H42F5N5O3/c1-22-19-45(31(35(49)50-36(2,3)4)17-23-8-9-24-6-5-7-25(24)16-23)14-15-47(22)34(48)29-21-46(33-13-12-32(43-44-33)37(40,41)42)20-28(29)27-11-10-26(38)18-30(27)39/h8-13,16,18,22,28-29,31H,5-7,14-15,17,19-21H2,1-4H3/t22-,28-,29+,31-/m0/s1. The van der Waals surface area contributed by atoms with E-state index in [1.54, 1.807) is 9.80 Å². The van der Waals surface area contributed by atoms with Gasteiger partial charge in [0.1, 0.15) is 23.3 Å². The van der Waals surface area contributed by atoms with Crippen LogP contribution in [0.4, 0.5) is 27.8 Å². The molecule has 0 N–H and O–H groups in total. The number of rotatable bonds is 7. The van der Waals surface area contributed by atoms with Crippen LogP contribution < -0.4 is 4.90 Å². The fourth-order valence-corrected chi connectivity index (χ4v) is 7.52. The third-order valence-corrected chi connectivity index (χ3v) is 9.92. The predicted octanol–water partition coefficient (Wildman–Crippen LogP) is 5.97. The molecule has 50 heavy (non-hydrogen) atoms. The minimum absolute atomic E-state index is 0.0478. The van der Waals surface area contributed by atoms with Crippen molar-refractivity contribution in [1.82, 2.24) is 20.0 Å². The summed E-state index contributed by atoms with van der Waals surface area (Å²) in [5.41, 5.74) is 2.01. The van der Waals surface area contributed by atoms with Gasteiger partial charge >= 0.3 is 12.1 Å². The van der Waals surface area contributed by atoms with Crippen LogP contribution >= 0.6 is 0 Å². The number of piperazine rings is 1. The van der Waals surface area contributed by atoms with Crippen LogP contribution in [0.3, 0.4) is 0 Å². The molecule has 8 nitrogen and oxygen atoms in total. The summed E-state index contributed by atoms with van der Waals surface area (Å²) in [7, 11) is 0. The number of ether oxygens (including phenoxy) is 1. The van der Waals surface area contributed by atoms with Crippen molar-refractivity contribution >= 4 is 17.7 Å². The predicted molar refractivity (Wildman–Crippen MR) is 176 cm³/mol. The van der Waals surface area contributed by atoms with E-state index >= 15 is 4.39 Å². The zero-order chi connectivity index (χ0) is 36.0.